The molecule has 2 aromatic heterocycles. The van der Waals surface area contributed by atoms with Gasteiger partial charge in [0.05, 0.1) is 29.8 Å². The lowest BCUT2D eigenvalue weighted by Gasteiger charge is -2.09. The van der Waals surface area contributed by atoms with E-state index in [9.17, 15) is 4.79 Å². The molecule has 0 saturated carbocycles. The van der Waals surface area contributed by atoms with Crippen molar-refractivity contribution in [2.45, 2.75) is 6.54 Å². The van der Waals surface area contributed by atoms with Crippen molar-refractivity contribution >= 4 is 38.3 Å². The topological polar surface area (TPSA) is 102 Å². The number of nitrogens with zero attached hydrogens (tertiary/aromatic N) is 3. The summed E-state index contributed by atoms with van der Waals surface area (Å²) in [5.74, 6) is 0.504. The van der Waals surface area contributed by atoms with Gasteiger partial charge in [0.25, 0.3) is 5.56 Å². The van der Waals surface area contributed by atoms with Crippen molar-refractivity contribution in [1.29, 1.82) is 0 Å². The fourth-order valence-electron chi connectivity index (χ4n) is 2.66. The second-order valence-electron chi connectivity index (χ2n) is 5.72. The number of halogens is 1. The van der Waals surface area contributed by atoms with Gasteiger partial charge >= 0.3 is 0 Å². The first-order chi connectivity index (χ1) is 12.6. The SMILES string of the molecule is Nc1ccccc1NCc1nc2c(cnn2-c2ccc(Br)cc2)c(=O)[nH]1. The van der Waals surface area contributed by atoms with Crippen LogP contribution in [0.3, 0.4) is 0 Å². The summed E-state index contributed by atoms with van der Waals surface area (Å²) in [4.78, 5) is 19.7. The summed E-state index contributed by atoms with van der Waals surface area (Å²) in [6, 6.07) is 15.1. The molecule has 2 heterocycles. The van der Waals surface area contributed by atoms with Crippen LogP contribution in [-0.4, -0.2) is 19.7 Å². The highest BCUT2D eigenvalue weighted by Crippen LogP contribution is 2.19. The van der Waals surface area contributed by atoms with Crippen molar-refractivity contribution < 1.29 is 0 Å². The van der Waals surface area contributed by atoms with E-state index in [0.29, 0.717) is 29.1 Å². The molecular weight excluding hydrogens is 396 g/mol. The number of nitrogens with two attached hydrogens (primary N) is 1. The minimum Gasteiger partial charge on any atom is -0.397 e. The van der Waals surface area contributed by atoms with Gasteiger partial charge in [-0.3, -0.25) is 4.79 Å². The van der Waals surface area contributed by atoms with Crippen molar-refractivity contribution in [2.24, 2.45) is 0 Å². The Kier molecular flexibility index (Phi) is 4.18. The molecule has 7 nitrogen and oxygen atoms in total. The Balaban J connectivity index is 1.71. The van der Waals surface area contributed by atoms with Crippen LogP contribution >= 0.6 is 15.9 Å². The van der Waals surface area contributed by atoms with Gasteiger partial charge in [-0.1, -0.05) is 28.1 Å². The van der Waals surface area contributed by atoms with Crippen LogP contribution in [0.2, 0.25) is 0 Å². The number of benzene rings is 2. The Morgan fingerprint density at radius 1 is 1.15 bits per heavy atom. The average molecular weight is 411 g/mol. The van der Waals surface area contributed by atoms with Gasteiger partial charge in [-0.15, -0.1) is 0 Å². The number of aromatic amines is 1. The summed E-state index contributed by atoms with van der Waals surface area (Å²) in [7, 11) is 0. The van der Waals surface area contributed by atoms with Crippen molar-refractivity contribution in [2.75, 3.05) is 11.1 Å². The van der Waals surface area contributed by atoms with Crippen LogP contribution in [0.15, 0.2) is 64.0 Å². The third-order valence-corrected chi connectivity index (χ3v) is 4.49. The van der Waals surface area contributed by atoms with Crippen molar-refractivity contribution in [3.05, 3.63) is 75.4 Å². The number of rotatable bonds is 4. The zero-order valence-electron chi connectivity index (χ0n) is 13.6. The smallest absolute Gasteiger partial charge is 0.262 e. The first-order valence-corrected chi connectivity index (χ1v) is 8.72. The van der Waals surface area contributed by atoms with E-state index in [1.54, 1.807) is 4.68 Å². The molecule has 4 rings (SSSR count). The molecule has 0 aliphatic heterocycles. The van der Waals surface area contributed by atoms with Crippen LogP contribution in [0, 0.1) is 0 Å². The predicted octanol–water partition coefficient (Wildman–Crippen LogP) is 3.07. The third kappa shape index (κ3) is 3.06. The van der Waals surface area contributed by atoms with E-state index in [2.05, 4.69) is 36.3 Å². The normalized spacial score (nSPS) is 11.0. The molecule has 0 bridgehead atoms. The minimum absolute atomic E-state index is 0.226. The van der Waals surface area contributed by atoms with Gasteiger partial charge in [-0.2, -0.15) is 5.10 Å². The Morgan fingerprint density at radius 2 is 1.92 bits per heavy atom. The Morgan fingerprint density at radius 3 is 2.69 bits per heavy atom. The molecule has 0 saturated heterocycles. The number of nitrogens with one attached hydrogen (secondary N) is 2. The zero-order valence-corrected chi connectivity index (χ0v) is 15.2. The lowest BCUT2D eigenvalue weighted by atomic mass is 10.2. The van der Waals surface area contributed by atoms with E-state index in [4.69, 9.17) is 5.73 Å². The molecule has 8 heteroatoms. The van der Waals surface area contributed by atoms with Crippen LogP contribution in [0.1, 0.15) is 5.82 Å². The van der Waals surface area contributed by atoms with E-state index in [0.717, 1.165) is 15.8 Å². The first kappa shape index (κ1) is 16.3. The van der Waals surface area contributed by atoms with E-state index < -0.39 is 0 Å². The maximum atomic E-state index is 12.4. The van der Waals surface area contributed by atoms with Crippen LogP contribution < -0.4 is 16.6 Å². The van der Waals surface area contributed by atoms with Gasteiger partial charge in [-0.05, 0) is 36.4 Å². The Hall–Kier alpha value is -3.13. The second-order valence-corrected chi connectivity index (χ2v) is 6.64. The van der Waals surface area contributed by atoms with E-state index in [1.165, 1.54) is 6.20 Å². The number of anilines is 2. The molecule has 4 aromatic rings. The molecule has 0 amide bonds. The number of para-hydroxylation sites is 2. The van der Waals surface area contributed by atoms with Crippen molar-refractivity contribution in [1.82, 2.24) is 19.7 Å². The zero-order chi connectivity index (χ0) is 18.1. The molecule has 130 valence electrons. The summed E-state index contributed by atoms with van der Waals surface area (Å²) in [6.07, 6.45) is 1.52. The molecule has 0 atom stereocenters. The Bertz CT molecular complexity index is 1130. The van der Waals surface area contributed by atoms with E-state index >= 15 is 0 Å². The average Bonchev–Trinajstić information content (AvgIpc) is 3.06. The summed E-state index contributed by atoms with van der Waals surface area (Å²) in [6.45, 7) is 0.338. The third-order valence-electron chi connectivity index (χ3n) is 3.97. The van der Waals surface area contributed by atoms with E-state index in [1.807, 2.05) is 48.5 Å². The molecule has 0 aliphatic rings. The number of hydrogen-bond acceptors (Lipinski definition) is 5. The van der Waals surface area contributed by atoms with Crippen LogP contribution in [0.25, 0.3) is 16.7 Å². The molecule has 0 aliphatic carbocycles. The van der Waals surface area contributed by atoms with Crippen molar-refractivity contribution in [3.63, 3.8) is 0 Å². The van der Waals surface area contributed by atoms with Gasteiger partial charge in [0.1, 0.15) is 11.2 Å². The van der Waals surface area contributed by atoms with Gasteiger partial charge in [-0.25, -0.2) is 9.67 Å². The summed E-state index contributed by atoms with van der Waals surface area (Å²) < 4.78 is 2.62. The quantitative estimate of drug-likeness (QED) is 0.448. The number of H-pyrrole nitrogens is 1. The summed E-state index contributed by atoms with van der Waals surface area (Å²) in [5, 5.41) is 7.94. The fourth-order valence-corrected chi connectivity index (χ4v) is 2.92. The van der Waals surface area contributed by atoms with Gasteiger partial charge < -0.3 is 16.0 Å². The van der Waals surface area contributed by atoms with Gasteiger partial charge in [0.2, 0.25) is 0 Å². The molecule has 0 radical (unpaired) electrons. The minimum atomic E-state index is -0.226. The largest absolute Gasteiger partial charge is 0.397 e. The molecule has 4 N–H and O–H groups in total. The van der Waals surface area contributed by atoms with E-state index in [-0.39, 0.29) is 5.56 Å². The monoisotopic (exact) mass is 410 g/mol. The number of fused-ring (bicyclic) bond motifs is 1. The second kappa shape index (κ2) is 6.64. The van der Waals surface area contributed by atoms with Crippen LogP contribution in [0.4, 0.5) is 11.4 Å². The number of nitrogen functional groups attached to an aromatic ring is 1. The maximum absolute atomic E-state index is 12.4. The molecule has 0 spiro atoms. The van der Waals surface area contributed by atoms with Crippen LogP contribution in [0.5, 0.6) is 0 Å². The van der Waals surface area contributed by atoms with Gasteiger partial charge in [0.15, 0.2) is 5.65 Å². The lowest BCUT2D eigenvalue weighted by Crippen LogP contribution is -2.15. The molecule has 26 heavy (non-hydrogen) atoms. The standard InChI is InChI=1S/C18H15BrN6O/c19-11-5-7-12(8-6-11)25-17-13(9-22-25)18(26)24-16(23-17)10-21-15-4-2-1-3-14(15)20/h1-9,21H,10,20H2,(H,23,24,26). The summed E-state index contributed by atoms with van der Waals surface area (Å²) in [5.41, 5.74) is 8.46. The number of hydrogen-bond donors (Lipinski definition) is 3. The molecular formula is C18H15BrN6O. The number of aromatic nitrogens is 4. The van der Waals surface area contributed by atoms with Crippen molar-refractivity contribution in [3.8, 4) is 5.69 Å². The van der Waals surface area contributed by atoms with Gasteiger partial charge in [0, 0.05) is 4.47 Å². The lowest BCUT2D eigenvalue weighted by molar-refractivity contribution is 0.876. The highest BCUT2D eigenvalue weighted by atomic mass is 79.9. The fraction of sp³-hybridized carbons (Fsp3) is 0.0556. The molecule has 0 fully saturated rings. The first-order valence-electron chi connectivity index (χ1n) is 7.93. The Labute approximate surface area is 157 Å². The summed E-state index contributed by atoms with van der Waals surface area (Å²) >= 11 is 3.41. The van der Waals surface area contributed by atoms with Crippen LogP contribution in [-0.2, 0) is 6.54 Å². The highest BCUT2D eigenvalue weighted by Gasteiger charge is 2.11. The predicted molar refractivity (Wildman–Crippen MR) is 105 cm³/mol. The maximum Gasteiger partial charge on any atom is 0.262 e. The highest BCUT2D eigenvalue weighted by molar-refractivity contribution is 9.10. The molecule has 2 aromatic carbocycles. The molecule has 0 unspecified atom stereocenters.